The van der Waals surface area contributed by atoms with E-state index in [0.717, 1.165) is 18.4 Å². The van der Waals surface area contributed by atoms with Crippen molar-refractivity contribution >= 4 is 17.7 Å². The lowest BCUT2D eigenvalue weighted by Crippen LogP contribution is -2.32. The van der Waals surface area contributed by atoms with Gasteiger partial charge in [0.15, 0.2) is 0 Å². The Morgan fingerprint density at radius 2 is 2.15 bits per heavy atom. The Bertz CT molecular complexity index is 512. The van der Waals surface area contributed by atoms with E-state index in [2.05, 4.69) is 11.9 Å². The summed E-state index contributed by atoms with van der Waals surface area (Å²) in [5.74, 6) is -1.06. The molecule has 2 N–H and O–H groups in total. The minimum Gasteiger partial charge on any atom is -0.478 e. The molecule has 5 heteroatoms. The maximum absolute atomic E-state index is 12.0. The van der Waals surface area contributed by atoms with Crippen molar-refractivity contribution in [3.63, 3.8) is 0 Å². The largest absolute Gasteiger partial charge is 0.478 e. The van der Waals surface area contributed by atoms with Gasteiger partial charge in [0, 0.05) is 13.6 Å². The summed E-state index contributed by atoms with van der Waals surface area (Å²) in [6, 6.07) is 4.59. The molecule has 0 unspecified atom stereocenters. The predicted molar refractivity (Wildman–Crippen MR) is 79.2 cm³/mol. The van der Waals surface area contributed by atoms with Crippen molar-refractivity contribution in [1.82, 2.24) is 4.90 Å². The zero-order valence-electron chi connectivity index (χ0n) is 11.8. The number of aromatic carboxylic acids is 1. The number of nitrogens with one attached hydrogen (secondary N) is 1. The van der Waals surface area contributed by atoms with E-state index in [0.29, 0.717) is 12.2 Å². The Labute approximate surface area is 118 Å². The Kier molecular flexibility index (Phi) is 5.77. The van der Waals surface area contributed by atoms with Gasteiger partial charge in [-0.3, -0.25) is 0 Å². The van der Waals surface area contributed by atoms with Gasteiger partial charge < -0.3 is 15.3 Å². The van der Waals surface area contributed by atoms with E-state index in [1.54, 1.807) is 32.2 Å². The molecule has 0 heterocycles. The lowest BCUT2D eigenvalue weighted by atomic mass is 10.1. The van der Waals surface area contributed by atoms with Gasteiger partial charge in [0.1, 0.15) is 0 Å². The summed E-state index contributed by atoms with van der Waals surface area (Å²) in [5, 5.41) is 11.8. The molecule has 0 saturated heterocycles. The third-order valence-electron chi connectivity index (χ3n) is 2.90. The number of carboxylic acids is 1. The number of carbonyl (C=O) groups excluding carboxylic acids is 1. The van der Waals surface area contributed by atoms with Crippen molar-refractivity contribution in [1.29, 1.82) is 0 Å². The van der Waals surface area contributed by atoms with Crippen molar-refractivity contribution in [3.8, 4) is 0 Å². The normalized spacial score (nSPS) is 9.90. The van der Waals surface area contributed by atoms with Crippen LogP contribution in [0.1, 0.15) is 28.8 Å². The SMILES string of the molecule is C=CCCCN(C)C(=O)Nc1ccc(C)cc1C(=O)O. The molecule has 0 saturated carbocycles. The number of nitrogens with zero attached hydrogens (tertiary/aromatic N) is 1. The van der Waals surface area contributed by atoms with E-state index in [-0.39, 0.29) is 11.6 Å². The minimum absolute atomic E-state index is 0.0952. The van der Waals surface area contributed by atoms with E-state index in [1.165, 1.54) is 11.0 Å². The smallest absolute Gasteiger partial charge is 0.337 e. The summed E-state index contributed by atoms with van der Waals surface area (Å²) >= 11 is 0. The predicted octanol–water partition coefficient (Wildman–Crippen LogP) is 3.12. The second-order valence-electron chi connectivity index (χ2n) is 4.64. The second-order valence-corrected chi connectivity index (χ2v) is 4.64. The van der Waals surface area contributed by atoms with Crippen LogP contribution in [0.3, 0.4) is 0 Å². The molecule has 1 aromatic rings. The standard InChI is InChI=1S/C15H20N2O3/c1-4-5-6-9-17(3)15(20)16-13-8-7-11(2)10-12(13)14(18)19/h4,7-8,10H,1,5-6,9H2,2-3H3,(H,16,20)(H,18,19). The molecule has 0 atom stereocenters. The highest BCUT2D eigenvalue weighted by molar-refractivity contribution is 6.00. The summed E-state index contributed by atoms with van der Waals surface area (Å²) in [6.45, 7) is 6.02. The molecule has 0 fully saturated rings. The number of urea groups is 1. The first-order chi connectivity index (χ1) is 9.45. The topological polar surface area (TPSA) is 69.6 Å². The molecular weight excluding hydrogens is 256 g/mol. The molecule has 0 aliphatic heterocycles. The molecule has 0 aliphatic rings. The van der Waals surface area contributed by atoms with Crippen molar-refractivity contribution in [2.24, 2.45) is 0 Å². The number of amides is 2. The quantitative estimate of drug-likeness (QED) is 0.619. The number of unbranched alkanes of at least 4 members (excludes halogenated alkanes) is 1. The first-order valence-electron chi connectivity index (χ1n) is 6.42. The summed E-state index contributed by atoms with van der Waals surface area (Å²) < 4.78 is 0. The van der Waals surface area contributed by atoms with Crippen LogP contribution in [-0.2, 0) is 0 Å². The Balaban J connectivity index is 2.75. The van der Waals surface area contributed by atoms with E-state index in [9.17, 15) is 9.59 Å². The average molecular weight is 276 g/mol. The fourth-order valence-corrected chi connectivity index (χ4v) is 1.73. The van der Waals surface area contributed by atoms with Crippen LogP contribution in [0.2, 0.25) is 0 Å². The Morgan fingerprint density at radius 3 is 2.75 bits per heavy atom. The number of hydrogen-bond acceptors (Lipinski definition) is 2. The van der Waals surface area contributed by atoms with Crippen LogP contribution in [-0.4, -0.2) is 35.6 Å². The molecular formula is C15H20N2O3. The van der Waals surface area contributed by atoms with Crippen LogP contribution in [0.25, 0.3) is 0 Å². The van der Waals surface area contributed by atoms with Crippen molar-refractivity contribution in [3.05, 3.63) is 42.0 Å². The van der Waals surface area contributed by atoms with Crippen molar-refractivity contribution in [2.75, 3.05) is 18.9 Å². The first kappa shape index (κ1) is 15.8. The van der Waals surface area contributed by atoms with E-state index < -0.39 is 5.97 Å². The Morgan fingerprint density at radius 1 is 1.45 bits per heavy atom. The van der Waals surface area contributed by atoms with E-state index in [1.807, 2.05) is 0 Å². The molecule has 1 aromatic carbocycles. The summed E-state index contributed by atoms with van der Waals surface area (Å²) in [5.41, 5.74) is 1.24. The molecule has 0 spiro atoms. The van der Waals surface area contributed by atoms with Gasteiger partial charge >= 0.3 is 12.0 Å². The van der Waals surface area contributed by atoms with Gasteiger partial charge in [-0.05, 0) is 31.9 Å². The molecule has 20 heavy (non-hydrogen) atoms. The third-order valence-corrected chi connectivity index (χ3v) is 2.90. The zero-order valence-corrected chi connectivity index (χ0v) is 11.8. The molecule has 0 aliphatic carbocycles. The monoisotopic (exact) mass is 276 g/mol. The average Bonchev–Trinajstić information content (AvgIpc) is 2.40. The summed E-state index contributed by atoms with van der Waals surface area (Å²) in [6.07, 6.45) is 3.46. The van der Waals surface area contributed by atoms with Crippen LogP contribution in [0.15, 0.2) is 30.9 Å². The number of anilines is 1. The molecule has 108 valence electrons. The molecule has 1 rings (SSSR count). The van der Waals surface area contributed by atoms with Gasteiger partial charge in [-0.25, -0.2) is 9.59 Å². The number of benzene rings is 1. The fourth-order valence-electron chi connectivity index (χ4n) is 1.73. The van der Waals surface area contributed by atoms with Crippen molar-refractivity contribution in [2.45, 2.75) is 19.8 Å². The number of carbonyl (C=O) groups is 2. The molecule has 2 amide bonds. The number of rotatable bonds is 6. The second kappa shape index (κ2) is 7.33. The van der Waals surface area contributed by atoms with Crippen LogP contribution in [0.4, 0.5) is 10.5 Å². The van der Waals surface area contributed by atoms with Gasteiger partial charge in [-0.1, -0.05) is 17.7 Å². The molecule has 0 aromatic heterocycles. The first-order valence-corrected chi connectivity index (χ1v) is 6.42. The maximum atomic E-state index is 12.0. The number of hydrogen-bond donors (Lipinski definition) is 2. The Hall–Kier alpha value is -2.30. The lowest BCUT2D eigenvalue weighted by Gasteiger charge is -2.18. The van der Waals surface area contributed by atoms with Crippen LogP contribution in [0.5, 0.6) is 0 Å². The molecule has 5 nitrogen and oxygen atoms in total. The van der Waals surface area contributed by atoms with E-state index >= 15 is 0 Å². The highest BCUT2D eigenvalue weighted by Crippen LogP contribution is 2.18. The van der Waals surface area contributed by atoms with Crippen LogP contribution in [0, 0.1) is 6.92 Å². The van der Waals surface area contributed by atoms with Crippen molar-refractivity contribution < 1.29 is 14.7 Å². The summed E-state index contributed by atoms with van der Waals surface area (Å²) in [4.78, 5) is 24.6. The van der Waals surface area contributed by atoms with Gasteiger partial charge in [0.05, 0.1) is 11.3 Å². The molecule has 0 radical (unpaired) electrons. The van der Waals surface area contributed by atoms with Gasteiger partial charge in [0.2, 0.25) is 0 Å². The van der Waals surface area contributed by atoms with Gasteiger partial charge in [-0.15, -0.1) is 6.58 Å². The van der Waals surface area contributed by atoms with E-state index in [4.69, 9.17) is 5.11 Å². The minimum atomic E-state index is -1.06. The maximum Gasteiger partial charge on any atom is 0.337 e. The van der Waals surface area contributed by atoms with Crippen LogP contribution >= 0.6 is 0 Å². The van der Waals surface area contributed by atoms with Crippen LogP contribution < -0.4 is 5.32 Å². The number of carboxylic acid groups (broad SMARTS) is 1. The molecule has 0 bridgehead atoms. The lowest BCUT2D eigenvalue weighted by molar-refractivity contribution is 0.0698. The zero-order chi connectivity index (χ0) is 15.1. The van der Waals surface area contributed by atoms with Gasteiger partial charge in [0.25, 0.3) is 0 Å². The number of aryl methyl sites for hydroxylation is 1. The number of allylic oxidation sites excluding steroid dienone is 1. The highest BCUT2D eigenvalue weighted by Gasteiger charge is 2.14. The highest BCUT2D eigenvalue weighted by atomic mass is 16.4. The fraction of sp³-hybridized carbons (Fsp3) is 0.333. The van der Waals surface area contributed by atoms with Gasteiger partial charge in [-0.2, -0.15) is 0 Å². The summed E-state index contributed by atoms with van der Waals surface area (Å²) in [7, 11) is 1.67. The third kappa shape index (κ3) is 4.42.